The highest BCUT2D eigenvalue weighted by Gasteiger charge is 2.44. The van der Waals surface area contributed by atoms with Crippen molar-refractivity contribution in [1.82, 2.24) is 9.80 Å². The topological polar surface area (TPSA) is 102 Å². The number of hydrogen-bond acceptors (Lipinski definition) is 8. The van der Waals surface area contributed by atoms with Crippen LogP contribution in [0.5, 0.6) is 11.5 Å². The molecule has 1 saturated heterocycles. The molecule has 1 amide bonds. The number of Topliss-reactive ketones (excluding diaryl/α,β-unsaturated/α-hetero) is 1. The zero-order chi connectivity index (χ0) is 26.6. The SMILES string of the molecule is CCOc1ccc([C@@H]2C(C(=O)c3cc4cccc(OC)c4o3)=C(O)C(=O)N2CCCN2CCOCC2)cc1. The zero-order valence-electron chi connectivity index (χ0n) is 21.6. The van der Waals surface area contributed by atoms with Crippen LogP contribution in [-0.4, -0.2) is 79.7 Å². The van der Waals surface area contributed by atoms with E-state index in [-0.39, 0.29) is 11.3 Å². The maximum atomic E-state index is 13.8. The number of ether oxygens (including phenoxy) is 3. The lowest BCUT2D eigenvalue weighted by Crippen LogP contribution is -2.39. The number of carbonyl (C=O) groups excluding carboxylic acids is 2. The summed E-state index contributed by atoms with van der Waals surface area (Å²) in [7, 11) is 1.53. The van der Waals surface area contributed by atoms with Crippen LogP contribution in [0.2, 0.25) is 0 Å². The minimum atomic E-state index is -0.759. The fraction of sp³-hybridized carbons (Fsp3) is 0.379. The highest BCUT2D eigenvalue weighted by atomic mass is 16.5. The van der Waals surface area contributed by atoms with Gasteiger partial charge in [0.05, 0.1) is 38.5 Å². The third-order valence-electron chi connectivity index (χ3n) is 6.98. The van der Waals surface area contributed by atoms with Crippen molar-refractivity contribution in [1.29, 1.82) is 0 Å². The molecule has 1 aromatic heterocycles. The molecule has 3 heterocycles. The summed E-state index contributed by atoms with van der Waals surface area (Å²) in [4.78, 5) is 31.0. The molecule has 9 nitrogen and oxygen atoms in total. The molecule has 3 aromatic rings. The van der Waals surface area contributed by atoms with Crippen molar-refractivity contribution in [2.45, 2.75) is 19.4 Å². The molecule has 9 heteroatoms. The van der Waals surface area contributed by atoms with Gasteiger partial charge in [-0.25, -0.2) is 0 Å². The van der Waals surface area contributed by atoms with E-state index in [0.717, 1.165) is 19.6 Å². The highest BCUT2D eigenvalue weighted by molar-refractivity contribution is 6.16. The summed E-state index contributed by atoms with van der Waals surface area (Å²) in [6, 6.07) is 13.5. The van der Waals surface area contributed by atoms with Gasteiger partial charge in [0.15, 0.2) is 22.9 Å². The summed E-state index contributed by atoms with van der Waals surface area (Å²) < 4.78 is 22.2. The second-order valence-electron chi connectivity index (χ2n) is 9.29. The maximum absolute atomic E-state index is 13.8. The molecule has 0 aliphatic carbocycles. The molecule has 2 aromatic carbocycles. The van der Waals surface area contributed by atoms with Gasteiger partial charge in [-0.3, -0.25) is 14.5 Å². The van der Waals surface area contributed by atoms with Crippen LogP contribution in [0, 0.1) is 0 Å². The first-order valence-electron chi connectivity index (χ1n) is 12.9. The molecule has 38 heavy (non-hydrogen) atoms. The van der Waals surface area contributed by atoms with Crippen molar-refractivity contribution in [2.24, 2.45) is 0 Å². The molecule has 5 rings (SSSR count). The van der Waals surface area contributed by atoms with Crippen LogP contribution >= 0.6 is 0 Å². The number of rotatable bonds is 10. The van der Waals surface area contributed by atoms with Gasteiger partial charge in [0, 0.05) is 31.6 Å². The predicted molar refractivity (Wildman–Crippen MR) is 141 cm³/mol. The minimum absolute atomic E-state index is 0.00329. The van der Waals surface area contributed by atoms with Crippen LogP contribution in [0.4, 0.5) is 0 Å². The lowest BCUT2D eigenvalue weighted by molar-refractivity contribution is -0.129. The first-order valence-corrected chi connectivity index (χ1v) is 12.9. The largest absolute Gasteiger partial charge is 0.503 e. The van der Waals surface area contributed by atoms with Crippen LogP contribution in [0.25, 0.3) is 11.0 Å². The molecule has 1 fully saturated rings. The maximum Gasteiger partial charge on any atom is 0.290 e. The number of aliphatic hydroxyl groups is 1. The average molecular weight is 521 g/mol. The Morgan fingerprint density at radius 3 is 2.58 bits per heavy atom. The van der Waals surface area contributed by atoms with E-state index in [1.54, 1.807) is 35.2 Å². The molecular formula is C29H32N2O7. The Bertz CT molecular complexity index is 1340. The van der Waals surface area contributed by atoms with Gasteiger partial charge in [-0.05, 0) is 43.2 Å². The van der Waals surface area contributed by atoms with E-state index in [4.69, 9.17) is 18.6 Å². The van der Waals surface area contributed by atoms with Gasteiger partial charge in [-0.1, -0.05) is 24.3 Å². The number of ketones is 1. The second-order valence-corrected chi connectivity index (χ2v) is 9.29. The molecule has 1 N–H and O–H groups in total. The van der Waals surface area contributed by atoms with Crippen molar-refractivity contribution in [3.05, 3.63) is 71.2 Å². The number of morpholine rings is 1. The first kappa shape index (κ1) is 25.8. The molecule has 0 radical (unpaired) electrons. The number of carbonyl (C=O) groups is 2. The van der Waals surface area contributed by atoms with Crippen molar-refractivity contribution in [3.8, 4) is 11.5 Å². The summed E-state index contributed by atoms with van der Waals surface area (Å²) in [5.74, 6) is -0.441. The number of hydrogen-bond donors (Lipinski definition) is 1. The molecule has 2 aliphatic heterocycles. The lowest BCUT2D eigenvalue weighted by Gasteiger charge is -2.30. The fourth-order valence-electron chi connectivity index (χ4n) is 5.11. The molecular weight excluding hydrogens is 488 g/mol. The minimum Gasteiger partial charge on any atom is -0.503 e. The van der Waals surface area contributed by atoms with E-state index in [9.17, 15) is 14.7 Å². The quantitative estimate of drug-likeness (QED) is 0.398. The monoisotopic (exact) mass is 520 g/mol. The summed E-state index contributed by atoms with van der Waals surface area (Å²) in [6.07, 6.45) is 0.690. The Kier molecular flexibility index (Phi) is 7.67. The third kappa shape index (κ3) is 4.99. The van der Waals surface area contributed by atoms with Crippen LogP contribution in [0.15, 0.2) is 64.3 Å². The Balaban J connectivity index is 1.47. The number of amides is 1. The number of aliphatic hydroxyl groups excluding tert-OH is 1. The van der Waals surface area contributed by atoms with E-state index in [1.165, 1.54) is 7.11 Å². The van der Waals surface area contributed by atoms with E-state index in [1.807, 2.05) is 25.1 Å². The van der Waals surface area contributed by atoms with Crippen molar-refractivity contribution < 1.29 is 33.3 Å². The van der Waals surface area contributed by atoms with Crippen molar-refractivity contribution >= 4 is 22.7 Å². The smallest absolute Gasteiger partial charge is 0.290 e. The zero-order valence-corrected chi connectivity index (χ0v) is 21.6. The van der Waals surface area contributed by atoms with Crippen molar-refractivity contribution in [3.63, 3.8) is 0 Å². The molecule has 0 bridgehead atoms. The predicted octanol–water partition coefficient (Wildman–Crippen LogP) is 4.14. The molecule has 1 atom stereocenters. The number of furan rings is 1. The molecule has 0 saturated carbocycles. The average Bonchev–Trinajstić information content (AvgIpc) is 3.49. The number of benzene rings is 2. The number of para-hydroxylation sites is 1. The lowest BCUT2D eigenvalue weighted by atomic mass is 9.95. The Hall–Kier alpha value is -3.82. The number of nitrogens with zero attached hydrogens (tertiary/aromatic N) is 2. The van der Waals surface area contributed by atoms with Gasteiger partial charge in [-0.2, -0.15) is 0 Å². The Morgan fingerprint density at radius 1 is 1.11 bits per heavy atom. The standard InChI is InChI=1S/C29H32N2O7/c1-3-37-21-10-8-19(9-11-21)25-24(26(32)23-18-20-6-4-7-22(35-2)28(20)38-23)27(33)29(34)31(25)13-5-12-30-14-16-36-17-15-30/h4,6-11,18,25,33H,3,5,12-17H2,1-2H3/t25-/m1/s1. The van der Waals surface area contributed by atoms with Gasteiger partial charge < -0.3 is 28.6 Å². The van der Waals surface area contributed by atoms with E-state index < -0.39 is 23.5 Å². The van der Waals surface area contributed by atoms with Crippen molar-refractivity contribution in [2.75, 3.05) is 53.1 Å². The molecule has 0 spiro atoms. The third-order valence-corrected chi connectivity index (χ3v) is 6.98. The van der Waals surface area contributed by atoms with Gasteiger partial charge >= 0.3 is 0 Å². The molecule has 2 aliphatic rings. The number of methoxy groups -OCH3 is 1. The summed E-state index contributed by atoms with van der Waals surface area (Å²) in [5.41, 5.74) is 1.14. The molecule has 200 valence electrons. The van der Waals surface area contributed by atoms with E-state index in [0.29, 0.717) is 60.8 Å². The number of fused-ring (bicyclic) bond motifs is 1. The summed E-state index contributed by atoms with van der Waals surface area (Å²) in [6.45, 7) is 6.67. The van der Waals surface area contributed by atoms with Gasteiger partial charge in [0.1, 0.15) is 5.75 Å². The second kappa shape index (κ2) is 11.3. The van der Waals surface area contributed by atoms with Crippen LogP contribution < -0.4 is 9.47 Å². The summed E-state index contributed by atoms with van der Waals surface area (Å²) in [5, 5.41) is 11.7. The van der Waals surface area contributed by atoms with Crippen LogP contribution in [0.1, 0.15) is 35.5 Å². The van der Waals surface area contributed by atoms with Gasteiger partial charge in [0.2, 0.25) is 5.78 Å². The molecule has 0 unspecified atom stereocenters. The highest BCUT2D eigenvalue weighted by Crippen LogP contribution is 2.40. The van der Waals surface area contributed by atoms with Gasteiger partial charge in [-0.15, -0.1) is 0 Å². The van der Waals surface area contributed by atoms with Crippen LogP contribution in [0.3, 0.4) is 0 Å². The normalized spacial score (nSPS) is 18.4. The van der Waals surface area contributed by atoms with Crippen LogP contribution in [-0.2, 0) is 9.53 Å². The Morgan fingerprint density at radius 2 is 1.87 bits per heavy atom. The fourth-order valence-corrected chi connectivity index (χ4v) is 5.11. The summed E-state index contributed by atoms with van der Waals surface area (Å²) >= 11 is 0. The first-order chi connectivity index (χ1) is 18.5. The van der Waals surface area contributed by atoms with Gasteiger partial charge in [0.25, 0.3) is 5.91 Å². The van der Waals surface area contributed by atoms with E-state index in [2.05, 4.69) is 4.90 Å². The Labute approximate surface area is 221 Å². The van der Waals surface area contributed by atoms with E-state index >= 15 is 0 Å².